The summed E-state index contributed by atoms with van der Waals surface area (Å²) in [6, 6.07) is 12.5. The van der Waals surface area contributed by atoms with Gasteiger partial charge in [-0.05, 0) is 36.2 Å². The molecule has 178 valence electrons. The number of hydrogen-bond donors (Lipinski definition) is 2. The molecule has 0 bridgehead atoms. The van der Waals surface area contributed by atoms with Crippen LogP contribution in [-0.2, 0) is 24.4 Å². The van der Waals surface area contributed by atoms with Gasteiger partial charge in [-0.2, -0.15) is 0 Å². The zero-order valence-corrected chi connectivity index (χ0v) is 21.7. The van der Waals surface area contributed by atoms with Crippen LogP contribution in [0.25, 0.3) is 0 Å². The number of nitrogens with one attached hydrogen (secondary N) is 2. The van der Waals surface area contributed by atoms with Gasteiger partial charge < -0.3 is 24.7 Å². The van der Waals surface area contributed by atoms with Gasteiger partial charge in [0.25, 0.3) is 0 Å². The number of aliphatic imine (C=N–C) groups is 1. The third kappa shape index (κ3) is 9.09. The molecule has 1 aromatic carbocycles. The zero-order valence-electron chi connectivity index (χ0n) is 19.4. The molecule has 32 heavy (non-hydrogen) atoms. The molecule has 3 rings (SSSR count). The number of guanidine groups is 1. The van der Waals surface area contributed by atoms with Gasteiger partial charge in [-0.3, -0.25) is 9.89 Å². The molecule has 0 radical (unpaired) electrons. The van der Waals surface area contributed by atoms with Crippen molar-refractivity contribution in [2.75, 3.05) is 52.9 Å². The first-order valence-electron chi connectivity index (χ1n) is 11.3. The Kier molecular flexibility index (Phi) is 12.7. The molecular weight excluding hydrogens is 517 g/mol. The van der Waals surface area contributed by atoms with E-state index >= 15 is 0 Å². The molecule has 8 heteroatoms. The second-order valence-corrected chi connectivity index (χ2v) is 7.82. The van der Waals surface area contributed by atoms with Crippen molar-refractivity contribution in [1.82, 2.24) is 20.4 Å². The van der Waals surface area contributed by atoms with Gasteiger partial charge in [0.2, 0.25) is 0 Å². The van der Waals surface area contributed by atoms with Crippen LogP contribution in [0.5, 0.6) is 0 Å². The van der Waals surface area contributed by atoms with E-state index in [4.69, 9.17) is 9.15 Å². The first-order chi connectivity index (χ1) is 15.3. The summed E-state index contributed by atoms with van der Waals surface area (Å²) in [5.41, 5.74) is 2.71. The first kappa shape index (κ1) is 26.6. The summed E-state index contributed by atoms with van der Waals surface area (Å²) in [6.07, 6.45) is 2.57. The lowest BCUT2D eigenvalue weighted by molar-refractivity contribution is 0.105. The number of ether oxygens (including phenoxy) is 1. The molecule has 2 N–H and O–H groups in total. The Morgan fingerprint density at radius 1 is 1.03 bits per heavy atom. The van der Waals surface area contributed by atoms with Gasteiger partial charge in [-0.15, -0.1) is 24.0 Å². The minimum atomic E-state index is 0. The molecule has 1 aliphatic rings. The van der Waals surface area contributed by atoms with Gasteiger partial charge in [0.05, 0.1) is 6.26 Å². The highest BCUT2D eigenvalue weighted by Gasteiger charge is 2.16. The minimum absolute atomic E-state index is 0. The first-order valence-corrected chi connectivity index (χ1v) is 11.3. The summed E-state index contributed by atoms with van der Waals surface area (Å²) < 4.78 is 10.9. The smallest absolute Gasteiger partial charge is 0.191 e. The Hall–Kier alpha value is -1.62. The van der Waals surface area contributed by atoms with E-state index in [1.807, 2.05) is 19.2 Å². The monoisotopic (exact) mass is 555 g/mol. The van der Waals surface area contributed by atoms with Crippen LogP contribution in [0.2, 0.25) is 0 Å². The molecule has 1 aromatic heterocycles. The van der Waals surface area contributed by atoms with E-state index in [0.29, 0.717) is 13.2 Å². The van der Waals surface area contributed by atoms with E-state index in [2.05, 4.69) is 56.6 Å². The quantitative estimate of drug-likeness (QED) is 0.192. The number of furan rings is 1. The number of nitrogens with zero attached hydrogens (tertiary/aromatic N) is 3. The van der Waals surface area contributed by atoms with Crippen molar-refractivity contribution in [2.24, 2.45) is 4.99 Å². The second kappa shape index (κ2) is 15.3. The van der Waals surface area contributed by atoms with Crippen molar-refractivity contribution in [3.8, 4) is 0 Å². The van der Waals surface area contributed by atoms with Crippen molar-refractivity contribution in [3.63, 3.8) is 0 Å². The fraction of sp³-hybridized carbons (Fsp3) is 0.542. The van der Waals surface area contributed by atoms with E-state index in [1.54, 1.807) is 6.26 Å². The van der Waals surface area contributed by atoms with Crippen molar-refractivity contribution in [1.29, 1.82) is 0 Å². The fourth-order valence-electron chi connectivity index (χ4n) is 3.74. The molecular formula is C24H38IN5O2. The molecule has 0 spiro atoms. The largest absolute Gasteiger partial charge is 0.467 e. The van der Waals surface area contributed by atoms with E-state index in [1.165, 1.54) is 24.2 Å². The normalized spacial score (nSPS) is 15.4. The number of rotatable bonds is 11. The van der Waals surface area contributed by atoms with Crippen LogP contribution in [-0.4, -0.2) is 68.7 Å². The number of likely N-dealkylation sites (N-methyl/N-ethyl adjacent to an activating group) is 1. The van der Waals surface area contributed by atoms with Gasteiger partial charge in [0.15, 0.2) is 5.96 Å². The van der Waals surface area contributed by atoms with Gasteiger partial charge in [-0.1, -0.05) is 31.2 Å². The Bertz CT molecular complexity index is 776. The molecule has 2 heterocycles. The zero-order chi connectivity index (χ0) is 21.7. The van der Waals surface area contributed by atoms with Crippen molar-refractivity contribution in [3.05, 3.63) is 59.5 Å². The molecule has 7 nitrogen and oxygen atoms in total. The average Bonchev–Trinajstić information content (AvgIpc) is 3.33. The summed E-state index contributed by atoms with van der Waals surface area (Å²) >= 11 is 0. The van der Waals surface area contributed by atoms with Crippen LogP contribution in [0.15, 0.2) is 52.1 Å². The fourth-order valence-corrected chi connectivity index (χ4v) is 3.74. The van der Waals surface area contributed by atoms with Crippen molar-refractivity contribution >= 4 is 29.9 Å². The van der Waals surface area contributed by atoms with Crippen LogP contribution in [0, 0.1) is 0 Å². The summed E-state index contributed by atoms with van der Waals surface area (Å²) in [5.74, 6) is 1.67. The summed E-state index contributed by atoms with van der Waals surface area (Å²) in [5, 5.41) is 6.81. The molecule has 1 saturated heterocycles. The number of benzene rings is 1. The SMILES string of the molecule is CCN1CCN(Cc2ccccc2CNC(=NC)NCCCOCc2ccco2)CC1.I. The Morgan fingerprint density at radius 2 is 1.78 bits per heavy atom. The summed E-state index contributed by atoms with van der Waals surface area (Å²) in [6.45, 7) is 11.8. The van der Waals surface area contributed by atoms with E-state index in [9.17, 15) is 0 Å². The Morgan fingerprint density at radius 3 is 2.47 bits per heavy atom. The van der Waals surface area contributed by atoms with Crippen LogP contribution in [0.3, 0.4) is 0 Å². The lowest BCUT2D eigenvalue weighted by Gasteiger charge is -2.34. The third-order valence-corrected chi connectivity index (χ3v) is 5.68. The average molecular weight is 556 g/mol. The van der Waals surface area contributed by atoms with Crippen molar-refractivity contribution in [2.45, 2.75) is 33.0 Å². The Labute approximate surface area is 209 Å². The second-order valence-electron chi connectivity index (χ2n) is 7.82. The summed E-state index contributed by atoms with van der Waals surface area (Å²) in [4.78, 5) is 9.42. The third-order valence-electron chi connectivity index (χ3n) is 5.68. The van der Waals surface area contributed by atoms with Crippen LogP contribution < -0.4 is 10.6 Å². The van der Waals surface area contributed by atoms with Gasteiger partial charge in [0, 0.05) is 59.5 Å². The lowest BCUT2D eigenvalue weighted by atomic mass is 10.1. The van der Waals surface area contributed by atoms with E-state index in [-0.39, 0.29) is 24.0 Å². The molecule has 0 saturated carbocycles. The van der Waals surface area contributed by atoms with E-state index in [0.717, 1.165) is 57.4 Å². The van der Waals surface area contributed by atoms with Crippen LogP contribution >= 0.6 is 24.0 Å². The maximum Gasteiger partial charge on any atom is 0.191 e. The standard InChI is InChI=1S/C24H37N5O2.HI/c1-3-28-12-14-29(15-13-28)19-22-9-5-4-8-21(22)18-27-24(25-2)26-11-7-16-30-20-23-10-6-17-31-23;/h4-6,8-10,17H,3,7,11-16,18-20H2,1-2H3,(H2,25,26,27);1H. The topological polar surface area (TPSA) is 65.3 Å². The molecule has 1 fully saturated rings. The van der Waals surface area contributed by atoms with E-state index < -0.39 is 0 Å². The van der Waals surface area contributed by atoms with Gasteiger partial charge in [-0.25, -0.2) is 0 Å². The number of hydrogen-bond acceptors (Lipinski definition) is 5. The Balaban J connectivity index is 0.00000363. The predicted molar refractivity (Wildman–Crippen MR) is 140 cm³/mol. The highest BCUT2D eigenvalue weighted by molar-refractivity contribution is 14.0. The molecule has 0 atom stereocenters. The minimum Gasteiger partial charge on any atom is -0.467 e. The number of piperazine rings is 1. The number of halogens is 1. The predicted octanol–water partition coefficient (Wildman–Crippen LogP) is 3.31. The lowest BCUT2D eigenvalue weighted by Crippen LogP contribution is -2.45. The highest BCUT2D eigenvalue weighted by atomic mass is 127. The molecule has 0 unspecified atom stereocenters. The summed E-state index contributed by atoms with van der Waals surface area (Å²) in [7, 11) is 1.81. The van der Waals surface area contributed by atoms with Crippen LogP contribution in [0.4, 0.5) is 0 Å². The molecule has 0 amide bonds. The molecule has 0 aliphatic carbocycles. The molecule has 1 aliphatic heterocycles. The van der Waals surface area contributed by atoms with Gasteiger partial charge in [0.1, 0.15) is 12.4 Å². The highest BCUT2D eigenvalue weighted by Crippen LogP contribution is 2.13. The van der Waals surface area contributed by atoms with Gasteiger partial charge >= 0.3 is 0 Å². The molecule has 2 aromatic rings. The maximum absolute atomic E-state index is 5.62. The van der Waals surface area contributed by atoms with Crippen molar-refractivity contribution < 1.29 is 9.15 Å². The maximum atomic E-state index is 5.62. The van der Waals surface area contributed by atoms with Crippen LogP contribution in [0.1, 0.15) is 30.2 Å².